The predicted octanol–water partition coefficient (Wildman–Crippen LogP) is 3.03. The lowest BCUT2D eigenvalue weighted by molar-refractivity contribution is 0.113. The van der Waals surface area contributed by atoms with Gasteiger partial charge in [-0.1, -0.05) is 19.8 Å². The van der Waals surface area contributed by atoms with Crippen molar-refractivity contribution < 1.29 is 4.43 Å². The first-order chi connectivity index (χ1) is 5.39. The van der Waals surface area contributed by atoms with Crippen LogP contribution >= 0.6 is 0 Å². The van der Waals surface area contributed by atoms with Crippen molar-refractivity contribution in [1.29, 1.82) is 0 Å². The molecule has 0 atom stereocenters. The highest BCUT2D eigenvalue weighted by Crippen LogP contribution is 2.24. The van der Waals surface area contributed by atoms with Crippen molar-refractivity contribution in [3.63, 3.8) is 0 Å². The summed E-state index contributed by atoms with van der Waals surface area (Å²) < 4.78 is 5.98. The Balaban J connectivity index is 4.45. The van der Waals surface area contributed by atoms with Gasteiger partial charge in [-0.3, -0.25) is 0 Å². The molecule has 0 unspecified atom stereocenters. The van der Waals surface area contributed by atoms with Gasteiger partial charge in [-0.15, -0.1) is 6.42 Å². The molecule has 0 aromatic heterocycles. The van der Waals surface area contributed by atoms with Crippen LogP contribution in [0.15, 0.2) is 0 Å². The van der Waals surface area contributed by atoms with Crippen molar-refractivity contribution in [2.24, 2.45) is 0 Å². The zero-order chi connectivity index (χ0) is 9.83. The van der Waals surface area contributed by atoms with Gasteiger partial charge in [0.05, 0.1) is 0 Å². The average molecular weight is 184 g/mol. The van der Waals surface area contributed by atoms with Crippen LogP contribution in [0.3, 0.4) is 0 Å². The Labute approximate surface area is 77.6 Å². The standard InChI is InChI=1S/C10H20OSi/c1-7-10(8-2,9-3)11-12(4,5)6/h1H,8-9H2,2-6H3. The van der Waals surface area contributed by atoms with Gasteiger partial charge in [-0.2, -0.15) is 0 Å². The molecule has 0 saturated heterocycles. The molecule has 12 heavy (non-hydrogen) atoms. The number of hydrogen-bond donors (Lipinski definition) is 0. The fourth-order valence-corrected chi connectivity index (χ4v) is 2.73. The Bertz CT molecular complexity index is 169. The summed E-state index contributed by atoms with van der Waals surface area (Å²) in [5.74, 6) is 2.78. The van der Waals surface area contributed by atoms with E-state index in [1.165, 1.54) is 0 Å². The van der Waals surface area contributed by atoms with Gasteiger partial charge in [0.2, 0.25) is 0 Å². The van der Waals surface area contributed by atoms with E-state index in [2.05, 4.69) is 39.4 Å². The third kappa shape index (κ3) is 3.42. The normalized spacial score (nSPS) is 12.7. The van der Waals surface area contributed by atoms with E-state index in [1.54, 1.807) is 0 Å². The second kappa shape index (κ2) is 4.11. The van der Waals surface area contributed by atoms with Gasteiger partial charge in [-0.25, -0.2) is 0 Å². The topological polar surface area (TPSA) is 9.23 Å². The highest BCUT2D eigenvalue weighted by molar-refractivity contribution is 6.69. The quantitative estimate of drug-likeness (QED) is 0.482. The van der Waals surface area contributed by atoms with E-state index in [4.69, 9.17) is 10.8 Å². The molecule has 0 aliphatic heterocycles. The predicted molar refractivity (Wildman–Crippen MR) is 56.6 cm³/mol. The smallest absolute Gasteiger partial charge is 0.185 e. The van der Waals surface area contributed by atoms with Crippen molar-refractivity contribution in [3.05, 3.63) is 0 Å². The monoisotopic (exact) mass is 184 g/mol. The average Bonchev–Trinajstić information content (AvgIpc) is 1.99. The van der Waals surface area contributed by atoms with Crippen LogP contribution in [0.25, 0.3) is 0 Å². The minimum absolute atomic E-state index is 0.301. The molecule has 2 heteroatoms. The number of rotatable bonds is 4. The molecule has 0 N–H and O–H groups in total. The van der Waals surface area contributed by atoms with Gasteiger partial charge in [0.1, 0.15) is 5.60 Å². The SMILES string of the molecule is C#CC(CC)(CC)O[Si](C)(C)C. The molecule has 70 valence electrons. The first-order valence-corrected chi connectivity index (χ1v) is 7.98. The van der Waals surface area contributed by atoms with Gasteiger partial charge in [0.25, 0.3) is 0 Å². The van der Waals surface area contributed by atoms with E-state index in [0.29, 0.717) is 0 Å². The summed E-state index contributed by atoms with van der Waals surface area (Å²) in [5.41, 5.74) is -0.301. The van der Waals surface area contributed by atoms with E-state index in [9.17, 15) is 0 Å². The summed E-state index contributed by atoms with van der Waals surface area (Å²) in [6, 6.07) is 0. The molecule has 0 aliphatic rings. The second-order valence-corrected chi connectivity index (χ2v) is 8.49. The molecule has 0 fully saturated rings. The lowest BCUT2D eigenvalue weighted by Gasteiger charge is -2.33. The second-order valence-electron chi connectivity index (χ2n) is 4.06. The zero-order valence-corrected chi connectivity index (χ0v) is 9.90. The Morgan fingerprint density at radius 2 is 1.67 bits per heavy atom. The van der Waals surface area contributed by atoms with Gasteiger partial charge < -0.3 is 4.43 Å². The minimum atomic E-state index is -1.50. The van der Waals surface area contributed by atoms with Crippen LogP contribution in [0.1, 0.15) is 26.7 Å². The molecule has 0 aromatic carbocycles. The minimum Gasteiger partial charge on any atom is -0.402 e. The maximum absolute atomic E-state index is 5.98. The molecule has 0 radical (unpaired) electrons. The first kappa shape index (κ1) is 11.7. The Hall–Kier alpha value is -0.263. The zero-order valence-electron chi connectivity index (χ0n) is 8.90. The highest BCUT2D eigenvalue weighted by atomic mass is 28.4. The van der Waals surface area contributed by atoms with Crippen LogP contribution in [0.5, 0.6) is 0 Å². The first-order valence-electron chi connectivity index (χ1n) is 4.57. The third-order valence-corrected chi connectivity index (χ3v) is 2.91. The van der Waals surface area contributed by atoms with E-state index < -0.39 is 8.32 Å². The maximum Gasteiger partial charge on any atom is 0.185 e. The van der Waals surface area contributed by atoms with Crippen molar-refractivity contribution >= 4 is 8.32 Å². The fraction of sp³-hybridized carbons (Fsp3) is 0.800. The Morgan fingerprint density at radius 3 is 1.75 bits per heavy atom. The van der Waals surface area contributed by atoms with Crippen molar-refractivity contribution in [1.82, 2.24) is 0 Å². The van der Waals surface area contributed by atoms with E-state index in [1.807, 2.05) is 0 Å². The molecule has 0 bridgehead atoms. The fourth-order valence-electron chi connectivity index (χ4n) is 1.21. The van der Waals surface area contributed by atoms with Gasteiger partial charge >= 0.3 is 0 Å². The van der Waals surface area contributed by atoms with E-state index >= 15 is 0 Å². The molecular weight excluding hydrogens is 164 g/mol. The summed E-state index contributed by atoms with van der Waals surface area (Å²) in [7, 11) is -1.50. The molecule has 0 saturated carbocycles. The summed E-state index contributed by atoms with van der Waals surface area (Å²) in [6.45, 7) is 10.7. The summed E-state index contributed by atoms with van der Waals surface area (Å²) >= 11 is 0. The Kier molecular flexibility index (Phi) is 4.02. The highest BCUT2D eigenvalue weighted by Gasteiger charge is 2.30. The summed E-state index contributed by atoms with van der Waals surface area (Å²) in [4.78, 5) is 0. The molecule has 1 nitrogen and oxygen atoms in total. The Morgan fingerprint density at radius 1 is 1.25 bits per heavy atom. The molecule has 0 heterocycles. The van der Waals surface area contributed by atoms with Crippen LogP contribution < -0.4 is 0 Å². The van der Waals surface area contributed by atoms with Crippen LogP contribution in [-0.2, 0) is 4.43 Å². The molecule has 0 spiro atoms. The maximum atomic E-state index is 5.98. The van der Waals surface area contributed by atoms with Crippen molar-refractivity contribution in [3.8, 4) is 12.3 Å². The number of hydrogen-bond acceptors (Lipinski definition) is 1. The van der Waals surface area contributed by atoms with E-state index in [-0.39, 0.29) is 5.60 Å². The number of terminal acetylenes is 1. The lowest BCUT2D eigenvalue weighted by atomic mass is 9.99. The summed E-state index contributed by atoms with van der Waals surface area (Å²) in [6.07, 6.45) is 7.30. The molecule has 0 aromatic rings. The van der Waals surface area contributed by atoms with Crippen LogP contribution in [0, 0.1) is 12.3 Å². The molecule has 0 amide bonds. The van der Waals surface area contributed by atoms with Crippen molar-refractivity contribution in [2.75, 3.05) is 0 Å². The molecule has 0 aliphatic carbocycles. The third-order valence-electron chi connectivity index (χ3n) is 1.91. The van der Waals surface area contributed by atoms with E-state index in [0.717, 1.165) is 12.8 Å². The van der Waals surface area contributed by atoms with Gasteiger partial charge in [0.15, 0.2) is 8.32 Å². The summed E-state index contributed by atoms with van der Waals surface area (Å²) in [5, 5.41) is 0. The van der Waals surface area contributed by atoms with Crippen LogP contribution in [-0.4, -0.2) is 13.9 Å². The van der Waals surface area contributed by atoms with Gasteiger partial charge in [0, 0.05) is 0 Å². The largest absolute Gasteiger partial charge is 0.402 e. The van der Waals surface area contributed by atoms with Crippen LogP contribution in [0.4, 0.5) is 0 Å². The van der Waals surface area contributed by atoms with Gasteiger partial charge in [-0.05, 0) is 32.5 Å². The lowest BCUT2D eigenvalue weighted by Crippen LogP contribution is -2.40. The van der Waals surface area contributed by atoms with Crippen LogP contribution in [0.2, 0.25) is 19.6 Å². The molecular formula is C10H20OSi. The van der Waals surface area contributed by atoms with Crippen molar-refractivity contribution in [2.45, 2.75) is 51.9 Å². The molecule has 0 rings (SSSR count).